The van der Waals surface area contributed by atoms with E-state index in [1.54, 1.807) is 11.3 Å². The second kappa shape index (κ2) is 9.01. The molecule has 1 saturated heterocycles. The first-order valence-corrected chi connectivity index (χ1v) is 11.3. The zero-order valence-corrected chi connectivity index (χ0v) is 17.3. The van der Waals surface area contributed by atoms with E-state index < -0.39 is 0 Å². The van der Waals surface area contributed by atoms with Crippen LogP contribution in [0.1, 0.15) is 48.1 Å². The highest BCUT2D eigenvalue weighted by atomic mass is 32.1. The Labute approximate surface area is 171 Å². The van der Waals surface area contributed by atoms with Crippen LogP contribution in [0.5, 0.6) is 0 Å². The van der Waals surface area contributed by atoms with Crippen molar-refractivity contribution in [3.63, 3.8) is 0 Å². The van der Waals surface area contributed by atoms with Crippen LogP contribution < -0.4 is 4.90 Å². The largest absolute Gasteiger partial charge is 0.312 e. The van der Waals surface area contributed by atoms with Crippen molar-refractivity contribution in [1.82, 2.24) is 4.90 Å². The molecule has 1 amide bonds. The monoisotopic (exact) mass is 395 g/mol. The number of nitrogens with one attached hydrogen (secondary N) is 1. The van der Waals surface area contributed by atoms with Crippen LogP contribution in [-0.4, -0.2) is 42.7 Å². The number of thiophene rings is 1. The van der Waals surface area contributed by atoms with Gasteiger partial charge in [0.15, 0.2) is 0 Å². The lowest BCUT2D eigenvalue weighted by atomic mass is 9.96. The number of hydrogen-bond acceptors (Lipinski definition) is 4. The maximum Gasteiger partial charge on any atom is 0.227 e. The molecule has 2 aliphatic heterocycles. The Kier molecular flexibility index (Phi) is 6.23. The first-order chi connectivity index (χ1) is 13.7. The molecular weight excluding hydrogens is 366 g/mol. The van der Waals surface area contributed by atoms with E-state index in [1.165, 1.54) is 43.5 Å². The molecule has 0 bridgehead atoms. The van der Waals surface area contributed by atoms with Crippen molar-refractivity contribution >= 4 is 28.6 Å². The molecule has 0 saturated carbocycles. The van der Waals surface area contributed by atoms with Crippen molar-refractivity contribution in [2.24, 2.45) is 0 Å². The number of fused-ring (bicyclic) bond motifs is 1. The third-order valence-electron chi connectivity index (χ3n) is 5.85. The number of piperidine rings is 1. The van der Waals surface area contributed by atoms with Gasteiger partial charge in [-0.15, -0.1) is 11.3 Å². The van der Waals surface area contributed by atoms with Crippen LogP contribution in [0.4, 0.5) is 5.69 Å². The van der Waals surface area contributed by atoms with Crippen molar-refractivity contribution in [2.45, 2.75) is 44.9 Å². The van der Waals surface area contributed by atoms with Gasteiger partial charge in [-0.25, -0.2) is 0 Å². The summed E-state index contributed by atoms with van der Waals surface area (Å²) in [5, 5.41) is 10.3. The smallest absolute Gasteiger partial charge is 0.227 e. The molecule has 148 valence electrons. The number of aryl methyl sites for hydroxylation is 1. The Morgan fingerprint density at radius 2 is 1.93 bits per heavy atom. The van der Waals surface area contributed by atoms with Gasteiger partial charge in [0.05, 0.1) is 5.71 Å². The zero-order valence-electron chi connectivity index (χ0n) is 16.5. The summed E-state index contributed by atoms with van der Waals surface area (Å²) < 4.78 is 0. The quantitative estimate of drug-likeness (QED) is 0.701. The number of hydrogen-bond donors (Lipinski definition) is 1. The van der Waals surface area contributed by atoms with E-state index in [9.17, 15) is 4.79 Å². The minimum Gasteiger partial charge on any atom is -0.312 e. The fraction of sp³-hybridized carbons (Fsp3) is 0.478. The minimum absolute atomic E-state index is 0.255. The van der Waals surface area contributed by atoms with Gasteiger partial charge in [0.1, 0.15) is 0 Å². The van der Waals surface area contributed by atoms with Crippen LogP contribution in [0.15, 0.2) is 35.7 Å². The van der Waals surface area contributed by atoms with E-state index in [2.05, 4.69) is 23.1 Å². The van der Waals surface area contributed by atoms with Crippen molar-refractivity contribution in [1.29, 1.82) is 5.41 Å². The second-order valence-electron chi connectivity index (χ2n) is 7.90. The average Bonchev–Trinajstić information content (AvgIpc) is 3.25. The Bertz CT molecular complexity index is 824. The summed E-state index contributed by atoms with van der Waals surface area (Å²) in [6.07, 6.45) is 7.09. The summed E-state index contributed by atoms with van der Waals surface area (Å²) in [5.41, 5.74) is 4.18. The van der Waals surface area contributed by atoms with Crippen LogP contribution in [0, 0.1) is 5.41 Å². The maximum absolute atomic E-state index is 12.5. The Morgan fingerprint density at radius 3 is 2.71 bits per heavy atom. The number of carbonyl (C=O) groups excluding carboxylic acids is 1. The minimum atomic E-state index is 0.255. The van der Waals surface area contributed by atoms with Crippen LogP contribution in [0.3, 0.4) is 0 Å². The lowest BCUT2D eigenvalue weighted by Crippen LogP contribution is -2.38. The SMILES string of the molecule is N=C(Cc1ccc2c(c1)CCC(=O)N2CCCN1CCCCC1)c1cccs1. The molecule has 2 aliphatic rings. The molecule has 4 rings (SSSR count). The van der Waals surface area contributed by atoms with E-state index in [4.69, 9.17) is 5.41 Å². The van der Waals surface area contributed by atoms with E-state index in [0.717, 1.165) is 36.5 Å². The maximum atomic E-state index is 12.5. The molecule has 1 aromatic heterocycles. The molecule has 0 radical (unpaired) electrons. The van der Waals surface area contributed by atoms with E-state index in [1.807, 2.05) is 22.4 Å². The van der Waals surface area contributed by atoms with Crippen LogP contribution in [-0.2, 0) is 17.6 Å². The van der Waals surface area contributed by atoms with Crippen molar-refractivity contribution in [3.05, 3.63) is 51.7 Å². The molecule has 4 nitrogen and oxygen atoms in total. The average molecular weight is 396 g/mol. The van der Waals surface area contributed by atoms with Gasteiger partial charge >= 0.3 is 0 Å². The number of carbonyl (C=O) groups is 1. The molecule has 28 heavy (non-hydrogen) atoms. The summed E-state index contributed by atoms with van der Waals surface area (Å²) in [5.74, 6) is 0.255. The summed E-state index contributed by atoms with van der Waals surface area (Å²) in [7, 11) is 0. The number of nitrogens with zero attached hydrogens (tertiary/aromatic N) is 2. The van der Waals surface area contributed by atoms with Gasteiger partial charge in [0, 0.05) is 30.0 Å². The molecule has 0 aliphatic carbocycles. The van der Waals surface area contributed by atoms with Crippen LogP contribution in [0.2, 0.25) is 0 Å². The Hall–Kier alpha value is -1.98. The van der Waals surface area contributed by atoms with Crippen LogP contribution in [0.25, 0.3) is 0 Å². The van der Waals surface area contributed by atoms with Gasteiger partial charge in [-0.05, 0) is 74.0 Å². The summed E-state index contributed by atoms with van der Waals surface area (Å²) in [6.45, 7) is 4.33. The van der Waals surface area contributed by atoms with Crippen LogP contribution >= 0.6 is 11.3 Å². The van der Waals surface area contributed by atoms with Gasteiger partial charge in [-0.3, -0.25) is 4.79 Å². The highest BCUT2D eigenvalue weighted by Gasteiger charge is 2.24. The Morgan fingerprint density at radius 1 is 1.07 bits per heavy atom. The highest BCUT2D eigenvalue weighted by molar-refractivity contribution is 7.12. The van der Waals surface area contributed by atoms with Crippen molar-refractivity contribution < 1.29 is 4.79 Å². The summed E-state index contributed by atoms with van der Waals surface area (Å²) in [6, 6.07) is 10.4. The molecule has 3 heterocycles. The first-order valence-electron chi connectivity index (χ1n) is 10.5. The number of likely N-dealkylation sites (tertiary alicyclic amines) is 1. The molecule has 0 unspecified atom stereocenters. The van der Waals surface area contributed by atoms with Gasteiger partial charge in [0.25, 0.3) is 0 Å². The molecule has 1 aromatic carbocycles. The standard InChI is InChI=1S/C23H29N3OS/c24-20(22-6-4-15-28-22)17-18-7-9-21-19(16-18)8-10-23(27)26(21)14-5-13-25-11-2-1-3-12-25/h4,6-7,9,15-16,24H,1-3,5,8,10-14,17H2. The molecule has 1 fully saturated rings. The van der Waals surface area contributed by atoms with E-state index in [0.29, 0.717) is 18.6 Å². The Balaban J connectivity index is 1.40. The van der Waals surface area contributed by atoms with Gasteiger partial charge in [-0.2, -0.15) is 0 Å². The normalized spacial score (nSPS) is 17.6. The van der Waals surface area contributed by atoms with Gasteiger partial charge in [-0.1, -0.05) is 24.6 Å². The van der Waals surface area contributed by atoms with E-state index in [-0.39, 0.29) is 5.91 Å². The molecule has 1 N–H and O–H groups in total. The number of benzene rings is 1. The van der Waals surface area contributed by atoms with Gasteiger partial charge < -0.3 is 15.2 Å². The molecule has 5 heteroatoms. The van der Waals surface area contributed by atoms with Gasteiger partial charge in [0.2, 0.25) is 5.91 Å². The number of amides is 1. The predicted molar refractivity (Wildman–Crippen MR) is 117 cm³/mol. The molecule has 0 spiro atoms. The second-order valence-corrected chi connectivity index (χ2v) is 8.84. The fourth-order valence-corrected chi connectivity index (χ4v) is 5.02. The van der Waals surface area contributed by atoms with Crippen molar-refractivity contribution in [3.8, 4) is 0 Å². The lowest BCUT2D eigenvalue weighted by Gasteiger charge is -2.31. The molecular formula is C23H29N3OS. The zero-order chi connectivity index (χ0) is 19.3. The first kappa shape index (κ1) is 19.3. The van der Waals surface area contributed by atoms with E-state index >= 15 is 0 Å². The predicted octanol–water partition coefficient (Wildman–Crippen LogP) is 4.51. The number of rotatable bonds is 7. The lowest BCUT2D eigenvalue weighted by molar-refractivity contribution is -0.118. The summed E-state index contributed by atoms with van der Waals surface area (Å²) >= 11 is 1.62. The number of anilines is 1. The molecule has 0 atom stereocenters. The third-order valence-corrected chi connectivity index (χ3v) is 6.78. The highest BCUT2D eigenvalue weighted by Crippen LogP contribution is 2.29. The molecule has 2 aromatic rings. The van der Waals surface area contributed by atoms with Crippen molar-refractivity contribution in [2.75, 3.05) is 31.1 Å². The topological polar surface area (TPSA) is 47.4 Å². The summed E-state index contributed by atoms with van der Waals surface area (Å²) in [4.78, 5) is 18.1. The third kappa shape index (κ3) is 4.53. The fourth-order valence-electron chi connectivity index (χ4n) is 4.35.